The highest BCUT2D eigenvalue weighted by Crippen LogP contribution is 2.17. The summed E-state index contributed by atoms with van der Waals surface area (Å²) in [7, 11) is 0. The number of aliphatic imine (C=N–C) groups is 1. The topological polar surface area (TPSA) is 55.4 Å². The summed E-state index contributed by atoms with van der Waals surface area (Å²) in [4.78, 5) is 14.4. The van der Waals surface area contributed by atoms with E-state index in [2.05, 4.69) is 4.99 Å². The van der Waals surface area contributed by atoms with E-state index in [4.69, 9.17) is 5.73 Å². The Morgan fingerprint density at radius 3 is 2.68 bits per heavy atom. The van der Waals surface area contributed by atoms with E-state index in [1.165, 1.54) is 13.0 Å². The average Bonchev–Trinajstić information content (AvgIpc) is 2.37. The van der Waals surface area contributed by atoms with Crippen molar-refractivity contribution < 1.29 is 13.6 Å². The third-order valence-electron chi connectivity index (χ3n) is 2.66. The first-order chi connectivity index (χ1) is 8.95. The number of hydrogen-bond acceptors (Lipinski definition) is 3. The molecule has 0 spiro atoms. The molecule has 0 radical (unpaired) electrons. The quantitative estimate of drug-likeness (QED) is 0.506. The molecule has 1 rings (SSSR count). The van der Waals surface area contributed by atoms with Crippen LogP contribution in [-0.4, -0.2) is 18.5 Å². The van der Waals surface area contributed by atoms with Gasteiger partial charge in [0.1, 0.15) is 0 Å². The minimum atomic E-state index is -2.75. The normalized spacial score (nSPS) is 12.4. The minimum absolute atomic E-state index is 0.0484. The lowest BCUT2D eigenvalue weighted by atomic mass is 9.98. The van der Waals surface area contributed by atoms with Crippen LogP contribution in [0.3, 0.4) is 0 Å². The maximum atomic E-state index is 11.8. The molecule has 0 saturated carbocycles. The molecule has 19 heavy (non-hydrogen) atoms. The van der Waals surface area contributed by atoms with Crippen molar-refractivity contribution >= 4 is 17.7 Å². The van der Waals surface area contributed by atoms with Crippen molar-refractivity contribution in [2.75, 3.05) is 0 Å². The van der Waals surface area contributed by atoms with Crippen LogP contribution in [0.15, 0.2) is 29.3 Å². The Morgan fingerprint density at radius 2 is 2.16 bits per heavy atom. The second-order valence-corrected chi connectivity index (χ2v) is 3.98. The van der Waals surface area contributed by atoms with Crippen LogP contribution in [-0.2, 0) is 6.42 Å². The molecule has 1 aromatic carbocycles. The lowest BCUT2D eigenvalue weighted by molar-refractivity contribution is 0.101. The van der Waals surface area contributed by atoms with E-state index in [1.807, 2.05) is 13.0 Å². The zero-order chi connectivity index (χ0) is 14.4. The van der Waals surface area contributed by atoms with Gasteiger partial charge in [-0.1, -0.05) is 19.1 Å². The smallest absolute Gasteiger partial charge is 0.331 e. The fourth-order valence-electron chi connectivity index (χ4n) is 1.68. The van der Waals surface area contributed by atoms with Crippen LogP contribution < -0.4 is 5.73 Å². The molecule has 0 unspecified atom stereocenters. The summed E-state index contributed by atoms with van der Waals surface area (Å²) in [6.07, 6.45) is 2.99. The highest BCUT2D eigenvalue weighted by atomic mass is 19.3. The van der Waals surface area contributed by atoms with Gasteiger partial charge in [0.15, 0.2) is 5.78 Å². The molecule has 0 saturated heterocycles. The van der Waals surface area contributed by atoms with Gasteiger partial charge in [-0.05, 0) is 36.6 Å². The van der Waals surface area contributed by atoms with Crippen molar-refractivity contribution in [1.29, 1.82) is 0 Å². The molecule has 0 heterocycles. The van der Waals surface area contributed by atoms with E-state index in [9.17, 15) is 13.6 Å². The van der Waals surface area contributed by atoms with E-state index < -0.39 is 6.55 Å². The molecule has 0 aliphatic rings. The Bertz CT molecular complexity index is 522. The van der Waals surface area contributed by atoms with Crippen LogP contribution in [0.25, 0.3) is 5.70 Å². The molecule has 0 aliphatic carbocycles. The zero-order valence-corrected chi connectivity index (χ0v) is 10.9. The van der Waals surface area contributed by atoms with Crippen molar-refractivity contribution in [3.8, 4) is 0 Å². The number of aryl methyl sites for hydroxylation is 1. The Morgan fingerprint density at radius 1 is 1.47 bits per heavy atom. The lowest BCUT2D eigenvalue weighted by Crippen LogP contribution is -2.03. The number of ketones is 1. The second-order valence-electron chi connectivity index (χ2n) is 3.98. The van der Waals surface area contributed by atoms with Gasteiger partial charge in [-0.2, -0.15) is 8.78 Å². The number of allylic oxidation sites excluding steroid dienone is 1. The third kappa shape index (κ3) is 4.28. The van der Waals surface area contributed by atoms with Gasteiger partial charge in [-0.3, -0.25) is 4.79 Å². The van der Waals surface area contributed by atoms with Gasteiger partial charge >= 0.3 is 6.55 Å². The first kappa shape index (κ1) is 15.0. The van der Waals surface area contributed by atoms with Gasteiger partial charge in [0.2, 0.25) is 0 Å². The predicted molar refractivity (Wildman–Crippen MR) is 72.5 cm³/mol. The summed E-state index contributed by atoms with van der Waals surface area (Å²) >= 11 is 0. The van der Waals surface area contributed by atoms with E-state index in [-0.39, 0.29) is 11.5 Å². The number of rotatable bonds is 5. The number of alkyl halides is 2. The summed E-state index contributed by atoms with van der Waals surface area (Å²) in [6.45, 7) is 0.686. The second kappa shape index (κ2) is 6.78. The van der Waals surface area contributed by atoms with Crippen LogP contribution in [0.5, 0.6) is 0 Å². The summed E-state index contributed by atoms with van der Waals surface area (Å²) in [5, 5.41) is 0. The molecule has 5 heteroatoms. The van der Waals surface area contributed by atoms with Crippen molar-refractivity contribution in [1.82, 2.24) is 0 Å². The van der Waals surface area contributed by atoms with E-state index in [0.29, 0.717) is 11.1 Å². The minimum Gasteiger partial charge on any atom is -0.398 e. The average molecular weight is 266 g/mol. The number of carbonyl (C=O) groups excluding carboxylic acids is 1. The van der Waals surface area contributed by atoms with Crippen LogP contribution in [0.2, 0.25) is 0 Å². The number of carbonyl (C=O) groups is 1. The summed E-state index contributed by atoms with van der Waals surface area (Å²) in [5.74, 6) is -0.0484. The molecule has 0 amide bonds. The largest absolute Gasteiger partial charge is 0.398 e. The molecule has 2 N–H and O–H groups in total. The molecular formula is C14H16F2N2O. The fraction of sp³-hybridized carbons (Fsp3) is 0.286. The number of Topliss-reactive ketones (excluding diaryl/α,β-unsaturated/α-hetero) is 1. The number of benzene rings is 1. The Labute approximate surface area is 110 Å². The SMILES string of the molecule is CCc1ccc(/C(N)=C/C=N/C(F)F)cc1C(C)=O. The van der Waals surface area contributed by atoms with Gasteiger partial charge in [0, 0.05) is 17.5 Å². The van der Waals surface area contributed by atoms with E-state index in [1.54, 1.807) is 12.1 Å². The van der Waals surface area contributed by atoms with E-state index in [0.717, 1.165) is 18.2 Å². The molecule has 0 fully saturated rings. The lowest BCUT2D eigenvalue weighted by Gasteiger charge is -2.08. The van der Waals surface area contributed by atoms with Crippen LogP contribution >= 0.6 is 0 Å². The monoisotopic (exact) mass is 266 g/mol. The Hall–Kier alpha value is -2.04. The van der Waals surface area contributed by atoms with Gasteiger partial charge < -0.3 is 5.73 Å². The molecule has 0 bridgehead atoms. The fourth-order valence-corrected chi connectivity index (χ4v) is 1.68. The van der Waals surface area contributed by atoms with Crippen LogP contribution in [0.4, 0.5) is 8.78 Å². The van der Waals surface area contributed by atoms with Gasteiger partial charge in [-0.25, -0.2) is 4.99 Å². The van der Waals surface area contributed by atoms with Crippen molar-refractivity contribution in [2.45, 2.75) is 26.8 Å². The summed E-state index contributed by atoms with van der Waals surface area (Å²) in [5.41, 5.74) is 8.19. The predicted octanol–water partition coefficient (Wildman–Crippen LogP) is 3.04. The molecule has 0 atom stereocenters. The maximum Gasteiger partial charge on any atom is 0.331 e. The standard InChI is InChI=1S/C14H16F2N2O/c1-3-10-4-5-11(8-12(10)9(2)19)13(17)6-7-18-14(15)16/h4-8,14H,3,17H2,1-2H3/b13-6-,18-7+. The number of halogens is 2. The number of hydrogen-bond donors (Lipinski definition) is 1. The molecular weight excluding hydrogens is 250 g/mol. The highest BCUT2D eigenvalue weighted by Gasteiger charge is 2.08. The molecule has 1 aromatic rings. The Kier molecular flexibility index (Phi) is 5.36. The molecule has 102 valence electrons. The third-order valence-corrected chi connectivity index (χ3v) is 2.66. The number of nitrogens with zero attached hydrogens (tertiary/aromatic N) is 1. The first-order valence-electron chi connectivity index (χ1n) is 5.87. The van der Waals surface area contributed by atoms with Gasteiger partial charge in [0.25, 0.3) is 0 Å². The number of nitrogens with two attached hydrogens (primary N) is 1. The van der Waals surface area contributed by atoms with Crippen molar-refractivity contribution in [2.24, 2.45) is 10.7 Å². The molecule has 0 aromatic heterocycles. The van der Waals surface area contributed by atoms with Gasteiger partial charge in [-0.15, -0.1) is 0 Å². The Balaban J connectivity index is 3.08. The first-order valence-corrected chi connectivity index (χ1v) is 5.87. The van der Waals surface area contributed by atoms with E-state index >= 15 is 0 Å². The molecule has 0 aliphatic heterocycles. The molecule has 3 nitrogen and oxygen atoms in total. The summed E-state index contributed by atoms with van der Waals surface area (Å²) in [6, 6.07) is 5.24. The summed E-state index contributed by atoms with van der Waals surface area (Å²) < 4.78 is 23.7. The van der Waals surface area contributed by atoms with Crippen molar-refractivity contribution in [3.05, 3.63) is 41.0 Å². The van der Waals surface area contributed by atoms with Crippen molar-refractivity contribution in [3.63, 3.8) is 0 Å². The highest BCUT2D eigenvalue weighted by molar-refractivity contribution is 5.96. The van der Waals surface area contributed by atoms with Crippen LogP contribution in [0, 0.1) is 0 Å². The zero-order valence-electron chi connectivity index (χ0n) is 10.9. The maximum absolute atomic E-state index is 11.8. The van der Waals surface area contributed by atoms with Gasteiger partial charge in [0.05, 0.1) is 0 Å². The van der Waals surface area contributed by atoms with Crippen LogP contribution in [0.1, 0.15) is 35.3 Å².